The lowest BCUT2D eigenvalue weighted by Gasteiger charge is -2.12. The molecule has 2 N–H and O–H groups in total. The average molecular weight is 261 g/mol. The largest absolute Gasteiger partial charge is 0.494 e. The zero-order valence-electron chi connectivity index (χ0n) is 9.02. The molecule has 7 nitrogen and oxygen atoms in total. The molecular weight excluding hydrogens is 252 g/mol. The van der Waals surface area contributed by atoms with E-state index in [1.807, 2.05) is 0 Å². The number of carbonyl (C=O) groups is 1. The van der Waals surface area contributed by atoms with E-state index in [1.165, 1.54) is 14.2 Å². The highest BCUT2D eigenvalue weighted by Gasteiger charge is 2.28. The predicted molar refractivity (Wildman–Crippen MR) is 59.7 cm³/mol. The van der Waals surface area contributed by atoms with Crippen LogP contribution in [-0.2, 0) is 0 Å². The maximum Gasteiger partial charge on any atom is 0.313 e. The summed E-state index contributed by atoms with van der Waals surface area (Å²) >= 11 is 5.76. The van der Waals surface area contributed by atoms with E-state index in [-0.39, 0.29) is 22.1 Å². The number of nitrogens with zero attached hydrogens (tertiary/aromatic N) is 1. The van der Waals surface area contributed by atoms with E-state index in [0.29, 0.717) is 0 Å². The monoisotopic (exact) mass is 260 g/mol. The molecule has 0 heterocycles. The molecule has 17 heavy (non-hydrogen) atoms. The van der Waals surface area contributed by atoms with E-state index in [0.717, 1.165) is 6.07 Å². The molecule has 0 unspecified atom stereocenters. The summed E-state index contributed by atoms with van der Waals surface area (Å²) in [7, 11) is 2.45. The maximum absolute atomic E-state index is 11.3. The third-order valence-corrected chi connectivity index (χ3v) is 2.30. The molecule has 1 amide bonds. The lowest BCUT2D eigenvalue weighted by Crippen LogP contribution is -2.15. The van der Waals surface area contributed by atoms with Gasteiger partial charge in [-0.05, 0) is 0 Å². The molecule has 0 saturated carbocycles. The third-order valence-electron chi connectivity index (χ3n) is 2.02. The van der Waals surface area contributed by atoms with Crippen molar-refractivity contribution < 1.29 is 19.2 Å². The van der Waals surface area contributed by atoms with Crippen LogP contribution < -0.4 is 15.2 Å². The van der Waals surface area contributed by atoms with E-state index >= 15 is 0 Å². The number of hydrogen-bond donors (Lipinski definition) is 1. The Labute approximate surface area is 101 Å². The summed E-state index contributed by atoms with van der Waals surface area (Å²) in [6.07, 6.45) is 0. The number of amides is 1. The van der Waals surface area contributed by atoms with Gasteiger partial charge in [-0.25, -0.2) is 0 Å². The first-order valence-electron chi connectivity index (χ1n) is 4.32. The van der Waals surface area contributed by atoms with Crippen molar-refractivity contribution in [1.29, 1.82) is 0 Å². The number of nitro groups is 1. The molecule has 8 heteroatoms. The second-order valence-corrected chi connectivity index (χ2v) is 3.35. The number of carbonyl (C=O) groups excluding carboxylic acids is 1. The summed E-state index contributed by atoms with van der Waals surface area (Å²) in [6, 6.07) is 1.03. The van der Waals surface area contributed by atoms with Crippen LogP contribution in [0.25, 0.3) is 0 Å². The fourth-order valence-electron chi connectivity index (χ4n) is 1.37. The van der Waals surface area contributed by atoms with Crippen molar-refractivity contribution >= 4 is 23.2 Å². The standard InChI is InChI=1S/C9H9ClN2O5/c1-16-7-4(10)3-5(12(14)15)8(17-2)6(7)9(11)13/h3H,1-2H3,(H2,11,13). The summed E-state index contributed by atoms with van der Waals surface area (Å²) in [6.45, 7) is 0. The molecule has 0 saturated heterocycles. The fraction of sp³-hybridized carbons (Fsp3) is 0.222. The Morgan fingerprint density at radius 3 is 2.29 bits per heavy atom. The van der Waals surface area contributed by atoms with E-state index in [9.17, 15) is 14.9 Å². The Morgan fingerprint density at radius 1 is 1.41 bits per heavy atom. The molecule has 0 aromatic heterocycles. The number of primary amides is 1. The van der Waals surface area contributed by atoms with Crippen LogP contribution in [-0.4, -0.2) is 25.1 Å². The van der Waals surface area contributed by atoms with Crippen LogP contribution in [0.3, 0.4) is 0 Å². The number of nitrogens with two attached hydrogens (primary N) is 1. The summed E-state index contributed by atoms with van der Waals surface area (Å²) < 4.78 is 9.69. The number of nitro benzene ring substituents is 1. The number of benzene rings is 1. The molecule has 0 fully saturated rings. The molecule has 0 bridgehead atoms. The SMILES string of the molecule is COc1c(Cl)cc([N+](=O)[O-])c(OC)c1C(N)=O. The normalized spacial score (nSPS) is 9.82. The van der Waals surface area contributed by atoms with Gasteiger partial charge in [-0.2, -0.15) is 0 Å². The van der Waals surface area contributed by atoms with Crippen molar-refractivity contribution in [3.63, 3.8) is 0 Å². The van der Waals surface area contributed by atoms with Gasteiger partial charge >= 0.3 is 5.69 Å². The van der Waals surface area contributed by atoms with Crippen molar-refractivity contribution in [2.75, 3.05) is 14.2 Å². The zero-order valence-corrected chi connectivity index (χ0v) is 9.78. The topological polar surface area (TPSA) is 105 Å². The molecule has 1 aromatic carbocycles. The lowest BCUT2D eigenvalue weighted by molar-refractivity contribution is -0.385. The number of methoxy groups -OCH3 is 2. The smallest absolute Gasteiger partial charge is 0.313 e. The van der Waals surface area contributed by atoms with Gasteiger partial charge in [0.2, 0.25) is 5.75 Å². The van der Waals surface area contributed by atoms with Gasteiger partial charge in [-0.1, -0.05) is 11.6 Å². The second kappa shape index (κ2) is 4.88. The Kier molecular flexibility index (Phi) is 3.74. The fourth-order valence-corrected chi connectivity index (χ4v) is 1.64. The molecule has 0 spiro atoms. The minimum Gasteiger partial charge on any atom is -0.494 e. The van der Waals surface area contributed by atoms with Gasteiger partial charge in [0.1, 0.15) is 5.56 Å². The molecule has 0 aliphatic carbocycles. The summed E-state index contributed by atoms with van der Waals surface area (Å²) in [4.78, 5) is 21.3. The maximum atomic E-state index is 11.3. The van der Waals surface area contributed by atoms with Crippen LogP contribution in [0.5, 0.6) is 11.5 Å². The number of halogens is 1. The van der Waals surface area contributed by atoms with Crippen molar-refractivity contribution in [3.8, 4) is 11.5 Å². The molecule has 0 aliphatic heterocycles. The van der Waals surface area contributed by atoms with Gasteiger partial charge in [-0.15, -0.1) is 0 Å². The minimum absolute atomic E-state index is 0.0541. The molecular formula is C9H9ClN2O5. The summed E-state index contributed by atoms with van der Waals surface area (Å²) in [5.41, 5.74) is 4.42. The molecule has 0 atom stereocenters. The van der Waals surface area contributed by atoms with Crippen LogP contribution in [0.4, 0.5) is 5.69 Å². The van der Waals surface area contributed by atoms with Gasteiger partial charge in [-0.3, -0.25) is 14.9 Å². The second-order valence-electron chi connectivity index (χ2n) is 2.94. The first-order valence-corrected chi connectivity index (χ1v) is 4.70. The number of hydrogen-bond acceptors (Lipinski definition) is 5. The number of ether oxygens (including phenoxy) is 2. The molecule has 0 radical (unpaired) electrons. The molecule has 0 aliphatic rings. The van der Waals surface area contributed by atoms with Crippen molar-refractivity contribution in [2.24, 2.45) is 5.73 Å². The van der Waals surface area contributed by atoms with Crippen LogP contribution in [0.1, 0.15) is 10.4 Å². The van der Waals surface area contributed by atoms with Gasteiger partial charge in [0.25, 0.3) is 5.91 Å². The van der Waals surface area contributed by atoms with E-state index in [2.05, 4.69) is 0 Å². The highest BCUT2D eigenvalue weighted by Crippen LogP contribution is 2.42. The quantitative estimate of drug-likeness (QED) is 0.650. The first kappa shape index (κ1) is 13.0. The third kappa shape index (κ3) is 2.23. The van der Waals surface area contributed by atoms with Crippen LogP contribution in [0.15, 0.2) is 6.07 Å². The molecule has 92 valence electrons. The first-order chi connectivity index (χ1) is 7.93. The predicted octanol–water partition coefficient (Wildman–Crippen LogP) is 1.36. The van der Waals surface area contributed by atoms with Gasteiger partial charge in [0.05, 0.1) is 24.2 Å². The minimum atomic E-state index is -0.927. The van der Waals surface area contributed by atoms with Crippen LogP contribution >= 0.6 is 11.6 Å². The summed E-state index contributed by atoms with van der Waals surface area (Å²) in [5.74, 6) is -1.25. The Balaban J connectivity index is 3.71. The highest BCUT2D eigenvalue weighted by atomic mass is 35.5. The highest BCUT2D eigenvalue weighted by molar-refractivity contribution is 6.33. The lowest BCUT2D eigenvalue weighted by atomic mass is 10.1. The zero-order chi connectivity index (χ0) is 13.2. The van der Waals surface area contributed by atoms with E-state index in [4.69, 9.17) is 26.8 Å². The Morgan fingerprint density at radius 2 is 1.94 bits per heavy atom. The van der Waals surface area contributed by atoms with Crippen LogP contribution in [0.2, 0.25) is 5.02 Å². The molecule has 1 rings (SSSR count). The van der Waals surface area contributed by atoms with Gasteiger partial charge in [0.15, 0.2) is 5.75 Å². The van der Waals surface area contributed by atoms with Crippen molar-refractivity contribution in [2.45, 2.75) is 0 Å². The Bertz CT molecular complexity index is 489. The van der Waals surface area contributed by atoms with Gasteiger partial charge in [0, 0.05) is 6.07 Å². The Hall–Kier alpha value is -2.02. The van der Waals surface area contributed by atoms with Crippen molar-refractivity contribution in [1.82, 2.24) is 0 Å². The van der Waals surface area contributed by atoms with E-state index in [1.54, 1.807) is 0 Å². The number of rotatable bonds is 4. The van der Waals surface area contributed by atoms with Crippen molar-refractivity contribution in [3.05, 3.63) is 26.8 Å². The molecule has 1 aromatic rings. The van der Waals surface area contributed by atoms with E-state index < -0.39 is 16.5 Å². The summed E-state index contributed by atoms with van der Waals surface area (Å²) in [5, 5.41) is 10.7. The van der Waals surface area contributed by atoms with Crippen LogP contribution in [0, 0.1) is 10.1 Å². The van der Waals surface area contributed by atoms with Gasteiger partial charge < -0.3 is 15.2 Å². The average Bonchev–Trinajstić information content (AvgIpc) is 2.26.